The number of carboxylic acids is 2. The molecule has 0 amide bonds. The van der Waals surface area contributed by atoms with Gasteiger partial charge in [-0.1, -0.05) is 24.3 Å². The molecule has 5 rings (SSSR count). The monoisotopic (exact) mass is 618 g/mol. The van der Waals surface area contributed by atoms with Crippen LogP contribution in [0.3, 0.4) is 0 Å². The lowest BCUT2D eigenvalue weighted by atomic mass is 9.71. The number of para-hydroxylation sites is 1. The summed E-state index contributed by atoms with van der Waals surface area (Å²) in [6.45, 7) is 3.11. The molecule has 0 saturated carbocycles. The van der Waals surface area contributed by atoms with E-state index in [1.807, 2.05) is 0 Å². The average molecular weight is 619 g/mol. The maximum atomic E-state index is 13.2. The summed E-state index contributed by atoms with van der Waals surface area (Å²) >= 11 is 0. The van der Waals surface area contributed by atoms with Crippen molar-refractivity contribution in [2.45, 2.75) is 61.4 Å². The predicted molar refractivity (Wildman–Crippen MR) is 147 cm³/mol. The number of aliphatic carboxylic acids is 2. The van der Waals surface area contributed by atoms with Crippen molar-refractivity contribution in [1.29, 1.82) is 0 Å². The number of fused-ring (bicyclic) bond motifs is 3. The molecule has 3 aliphatic heterocycles. The molecule has 1 aromatic carbocycles. The van der Waals surface area contributed by atoms with Crippen molar-refractivity contribution in [3.63, 3.8) is 0 Å². The smallest absolute Gasteiger partial charge is 0.337 e. The molecule has 4 heterocycles. The Morgan fingerprint density at radius 2 is 1.84 bits per heavy atom. The second-order valence-electron chi connectivity index (χ2n) is 11.0. The van der Waals surface area contributed by atoms with Gasteiger partial charge in [0, 0.05) is 29.2 Å². The Morgan fingerprint density at radius 3 is 2.48 bits per heavy atom. The number of aliphatic hydroxyl groups is 4. The van der Waals surface area contributed by atoms with E-state index in [0.717, 1.165) is 13.4 Å². The van der Waals surface area contributed by atoms with Crippen LogP contribution >= 0.6 is 0 Å². The highest BCUT2D eigenvalue weighted by atomic mass is 16.8. The molecular weight excluding hydrogens is 584 g/mol. The number of methoxy groups -OCH3 is 1. The summed E-state index contributed by atoms with van der Waals surface area (Å²) in [6.07, 6.45) is -7.52. The topological polar surface area (TPSA) is 237 Å². The molecule has 0 bridgehead atoms. The Morgan fingerprint density at radius 1 is 1.11 bits per heavy atom. The zero-order valence-corrected chi connectivity index (χ0v) is 23.5. The minimum absolute atomic E-state index is 0.00901. The van der Waals surface area contributed by atoms with Crippen LogP contribution in [0.15, 0.2) is 48.8 Å². The first-order chi connectivity index (χ1) is 21.0. The molecule has 3 aliphatic rings. The fraction of sp³-hybridized carbons (Fsp3) is 0.483. The third-order valence-corrected chi connectivity index (χ3v) is 8.58. The van der Waals surface area contributed by atoms with Crippen molar-refractivity contribution < 1.29 is 64.0 Å². The number of aromatic nitrogens is 1. The van der Waals surface area contributed by atoms with Gasteiger partial charge in [-0.05, 0) is 18.1 Å². The Balaban J connectivity index is 1.57. The Labute approximate surface area is 250 Å². The highest BCUT2D eigenvalue weighted by molar-refractivity contribution is 5.93. The quantitative estimate of drug-likeness (QED) is 0.125. The maximum Gasteiger partial charge on any atom is 0.337 e. The molecular formula is C29H34N2O13. The van der Waals surface area contributed by atoms with Crippen LogP contribution in [0.4, 0.5) is 0 Å². The number of ether oxygens (including phenoxy) is 4. The number of benzene rings is 1. The lowest BCUT2D eigenvalue weighted by Gasteiger charge is -2.45. The molecule has 1 fully saturated rings. The second kappa shape index (κ2) is 12.3. The van der Waals surface area contributed by atoms with Gasteiger partial charge in [0.2, 0.25) is 6.29 Å². The Hall–Kier alpha value is -3.83. The number of aliphatic hydroxyl groups excluding tert-OH is 4. The lowest BCUT2D eigenvalue weighted by Crippen LogP contribution is -2.62. The number of H-pyrrole nitrogens is 1. The number of carbonyl (C=O) groups is 3. The van der Waals surface area contributed by atoms with Crippen LogP contribution in [0.5, 0.6) is 0 Å². The highest BCUT2D eigenvalue weighted by Gasteiger charge is 2.55. The van der Waals surface area contributed by atoms with Gasteiger partial charge in [-0.2, -0.15) is 0 Å². The SMILES string of the molecule is C=C[C@H]1[C@H](O[C@@H]2O[C@@H](CO)[C@H](O)[C@@H](O)[C@@H]2O)OC=C(C(=O)OC)[C@H]1C[C@]1(C(=O)O)NC(C(=O)O)Cc2c1[nH]c1ccccc21. The molecule has 1 unspecified atom stereocenters. The Bertz CT molecular complexity index is 1470. The molecule has 10 atom stereocenters. The standard InChI is InChI=1S/C29H34N2O13/c1-3-12-15(16(25(38)41-2)11-42-26(12)44-27-22(35)21(34)20(33)19(10-32)43-27)9-29(28(39)40)23-14(8-18(31-29)24(36)37)13-6-4-5-7-17(13)30-23/h3-7,11-12,15,18-22,26-27,30-35H,1,8-10H2,2H3,(H,36,37)(H,39,40)/t12-,15+,18?,19+,20+,21-,22+,26+,27+,29+/m1/s1. The van der Waals surface area contributed by atoms with Gasteiger partial charge >= 0.3 is 17.9 Å². The van der Waals surface area contributed by atoms with E-state index in [9.17, 15) is 45.0 Å². The number of aromatic amines is 1. The summed E-state index contributed by atoms with van der Waals surface area (Å²) in [5, 5.41) is 64.7. The normalized spacial score (nSPS) is 35.2. The van der Waals surface area contributed by atoms with Crippen molar-refractivity contribution in [2.24, 2.45) is 11.8 Å². The van der Waals surface area contributed by atoms with Crippen molar-refractivity contribution in [3.8, 4) is 0 Å². The summed E-state index contributed by atoms with van der Waals surface area (Å²) in [5.41, 5.74) is -0.859. The minimum Gasteiger partial charge on any atom is -0.480 e. The van der Waals surface area contributed by atoms with Crippen LogP contribution < -0.4 is 5.32 Å². The van der Waals surface area contributed by atoms with Gasteiger partial charge in [-0.3, -0.25) is 10.1 Å². The van der Waals surface area contributed by atoms with Gasteiger partial charge in [0.1, 0.15) is 30.5 Å². The summed E-state index contributed by atoms with van der Waals surface area (Å²) in [4.78, 5) is 41.6. The van der Waals surface area contributed by atoms with Gasteiger partial charge < -0.3 is 54.6 Å². The van der Waals surface area contributed by atoms with E-state index in [0.29, 0.717) is 16.5 Å². The van der Waals surface area contributed by atoms with Gasteiger partial charge in [0.05, 0.1) is 31.2 Å². The summed E-state index contributed by atoms with van der Waals surface area (Å²) in [7, 11) is 1.13. The number of nitrogens with one attached hydrogen (secondary N) is 2. The predicted octanol–water partition coefficient (Wildman–Crippen LogP) is -0.915. The van der Waals surface area contributed by atoms with Crippen LogP contribution in [0, 0.1) is 11.8 Å². The van der Waals surface area contributed by atoms with Crippen molar-refractivity contribution in [3.05, 3.63) is 60.0 Å². The highest BCUT2D eigenvalue weighted by Crippen LogP contribution is 2.45. The van der Waals surface area contributed by atoms with Crippen molar-refractivity contribution in [2.75, 3.05) is 13.7 Å². The Kier molecular flexibility index (Phi) is 8.82. The molecule has 44 heavy (non-hydrogen) atoms. The molecule has 1 saturated heterocycles. The van der Waals surface area contributed by atoms with Crippen molar-refractivity contribution in [1.82, 2.24) is 10.3 Å². The van der Waals surface area contributed by atoms with Crippen molar-refractivity contribution >= 4 is 28.8 Å². The fourth-order valence-corrected chi connectivity index (χ4v) is 6.29. The molecule has 0 aliphatic carbocycles. The number of carboxylic acid groups (broad SMARTS) is 2. The summed E-state index contributed by atoms with van der Waals surface area (Å²) in [5.74, 6) is -5.65. The average Bonchev–Trinajstić information content (AvgIpc) is 3.40. The molecule has 1 aromatic heterocycles. The number of hydrogen-bond acceptors (Lipinski definition) is 12. The van der Waals surface area contributed by atoms with Gasteiger partial charge in [0.15, 0.2) is 11.8 Å². The molecule has 238 valence electrons. The molecule has 15 nitrogen and oxygen atoms in total. The molecule has 0 radical (unpaired) electrons. The van der Waals surface area contributed by atoms with Gasteiger partial charge in [0.25, 0.3) is 0 Å². The van der Waals surface area contributed by atoms with E-state index < -0.39 is 91.3 Å². The van der Waals surface area contributed by atoms with E-state index in [2.05, 4.69) is 16.9 Å². The second-order valence-corrected chi connectivity index (χ2v) is 11.0. The first kappa shape index (κ1) is 31.6. The molecule has 15 heteroatoms. The number of esters is 1. The summed E-state index contributed by atoms with van der Waals surface area (Å²) < 4.78 is 21.9. The first-order valence-electron chi connectivity index (χ1n) is 13.8. The van der Waals surface area contributed by atoms with Crippen LogP contribution in [0.2, 0.25) is 0 Å². The number of rotatable bonds is 9. The van der Waals surface area contributed by atoms with E-state index in [1.54, 1.807) is 24.3 Å². The first-order valence-corrected chi connectivity index (χ1v) is 13.8. The fourth-order valence-electron chi connectivity index (χ4n) is 6.29. The number of hydrogen-bond donors (Lipinski definition) is 8. The van der Waals surface area contributed by atoms with E-state index >= 15 is 0 Å². The van der Waals surface area contributed by atoms with E-state index in [1.165, 1.54) is 6.08 Å². The van der Waals surface area contributed by atoms with Gasteiger partial charge in [-0.25, -0.2) is 9.59 Å². The van der Waals surface area contributed by atoms with Crippen LogP contribution in [0.1, 0.15) is 17.7 Å². The third kappa shape index (κ3) is 5.26. The molecule has 8 N–H and O–H groups in total. The van der Waals surface area contributed by atoms with E-state index in [-0.39, 0.29) is 17.7 Å². The summed E-state index contributed by atoms with van der Waals surface area (Å²) in [6, 6.07) is 5.70. The maximum absolute atomic E-state index is 13.2. The molecule has 0 spiro atoms. The lowest BCUT2D eigenvalue weighted by molar-refractivity contribution is -0.339. The van der Waals surface area contributed by atoms with Gasteiger partial charge in [-0.15, -0.1) is 6.58 Å². The third-order valence-electron chi connectivity index (χ3n) is 8.58. The van der Waals surface area contributed by atoms with Crippen LogP contribution in [-0.4, -0.2) is 110 Å². The minimum atomic E-state index is -2.07. The molecule has 2 aromatic rings. The zero-order chi connectivity index (χ0) is 31.9. The number of carbonyl (C=O) groups excluding carboxylic acids is 1. The zero-order valence-electron chi connectivity index (χ0n) is 23.5. The van der Waals surface area contributed by atoms with Crippen LogP contribution in [-0.2, 0) is 45.3 Å². The van der Waals surface area contributed by atoms with E-state index in [4.69, 9.17) is 18.9 Å². The van der Waals surface area contributed by atoms with Crippen LogP contribution in [0.25, 0.3) is 10.9 Å². The largest absolute Gasteiger partial charge is 0.480 e.